The molecule has 0 unspecified atom stereocenters. The van der Waals surface area contributed by atoms with E-state index >= 15 is 0 Å². The van der Waals surface area contributed by atoms with Gasteiger partial charge in [-0.1, -0.05) is 36.4 Å². The van der Waals surface area contributed by atoms with Gasteiger partial charge in [0.05, 0.1) is 19.9 Å². The summed E-state index contributed by atoms with van der Waals surface area (Å²) < 4.78 is 44.3. The molecule has 0 radical (unpaired) electrons. The third kappa shape index (κ3) is 5.77. The molecule has 8 heteroatoms. The highest BCUT2D eigenvalue weighted by Gasteiger charge is 2.23. The highest BCUT2D eigenvalue weighted by atomic mass is 32.2. The number of sulfonamides is 1. The minimum Gasteiger partial charge on any atom is -0.496 e. The maximum absolute atomic E-state index is 13.9. The Kier molecular flexibility index (Phi) is 6.92. The summed E-state index contributed by atoms with van der Waals surface area (Å²) in [5.41, 5.74) is 1.01. The lowest BCUT2D eigenvalue weighted by Gasteiger charge is -2.24. The zero-order valence-electron chi connectivity index (χ0n) is 15.6. The molecule has 6 nitrogen and oxygen atoms in total. The molecule has 146 valence electrons. The van der Waals surface area contributed by atoms with Gasteiger partial charge in [-0.15, -0.1) is 0 Å². The Morgan fingerprint density at radius 2 is 1.63 bits per heavy atom. The number of benzene rings is 2. The molecular formula is C19H23FN2O4S. The second kappa shape index (κ2) is 8.96. The maximum atomic E-state index is 13.9. The smallest absolute Gasteiger partial charge is 0.237 e. The zero-order chi connectivity index (χ0) is 20.0. The summed E-state index contributed by atoms with van der Waals surface area (Å²) in [6.07, 6.45) is 1.00. The van der Waals surface area contributed by atoms with Gasteiger partial charge in [0.2, 0.25) is 15.9 Å². The van der Waals surface area contributed by atoms with E-state index in [2.05, 4.69) is 0 Å². The molecule has 0 atom stereocenters. The van der Waals surface area contributed by atoms with E-state index in [0.29, 0.717) is 5.75 Å². The second-order valence-corrected chi connectivity index (χ2v) is 8.17. The van der Waals surface area contributed by atoms with E-state index in [-0.39, 0.29) is 25.2 Å². The van der Waals surface area contributed by atoms with Gasteiger partial charge >= 0.3 is 0 Å². The fourth-order valence-corrected chi connectivity index (χ4v) is 3.27. The topological polar surface area (TPSA) is 66.9 Å². The number of amides is 1. The number of hydrogen-bond acceptors (Lipinski definition) is 4. The number of rotatable bonds is 8. The van der Waals surface area contributed by atoms with E-state index in [1.807, 2.05) is 18.2 Å². The molecule has 0 aliphatic rings. The van der Waals surface area contributed by atoms with Crippen molar-refractivity contribution in [3.05, 3.63) is 65.5 Å². The molecule has 0 N–H and O–H groups in total. The van der Waals surface area contributed by atoms with E-state index in [9.17, 15) is 17.6 Å². The Bertz CT molecular complexity index is 902. The number of halogens is 1. The SMILES string of the molecule is COc1ccccc1CN(C)C(=O)CN(Cc1ccccc1F)S(C)(=O)=O. The van der Waals surface area contributed by atoms with Crippen molar-refractivity contribution in [2.24, 2.45) is 0 Å². The number of methoxy groups -OCH3 is 1. The van der Waals surface area contributed by atoms with E-state index in [4.69, 9.17) is 4.74 Å². The fourth-order valence-electron chi connectivity index (χ4n) is 2.56. The van der Waals surface area contributed by atoms with Gasteiger partial charge in [0.25, 0.3) is 0 Å². The summed E-state index contributed by atoms with van der Waals surface area (Å²) in [6, 6.07) is 13.2. The minimum absolute atomic E-state index is 0.209. The van der Waals surface area contributed by atoms with E-state index in [1.165, 1.54) is 23.1 Å². The monoisotopic (exact) mass is 394 g/mol. The van der Waals surface area contributed by atoms with Crippen LogP contribution in [-0.4, -0.2) is 50.5 Å². The van der Waals surface area contributed by atoms with Gasteiger partial charge in [0.1, 0.15) is 11.6 Å². The Morgan fingerprint density at radius 1 is 1.04 bits per heavy atom. The van der Waals surface area contributed by atoms with Gasteiger partial charge in [-0.3, -0.25) is 4.79 Å². The van der Waals surface area contributed by atoms with Crippen LogP contribution >= 0.6 is 0 Å². The number of likely N-dealkylation sites (N-methyl/N-ethyl adjacent to an activating group) is 1. The van der Waals surface area contributed by atoms with Crippen LogP contribution < -0.4 is 4.74 Å². The Labute approximate surface area is 159 Å². The first-order valence-corrected chi connectivity index (χ1v) is 10.1. The first kappa shape index (κ1) is 20.9. The van der Waals surface area contributed by atoms with Gasteiger partial charge in [-0.2, -0.15) is 4.31 Å². The van der Waals surface area contributed by atoms with Crippen molar-refractivity contribution in [2.75, 3.05) is 27.0 Å². The summed E-state index contributed by atoms with van der Waals surface area (Å²) >= 11 is 0. The molecule has 2 aromatic rings. The van der Waals surface area contributed by atoms with Crippen LogP contribution in [0.2, 0.25) is 0 Å². The van der Waals surface area contributed by atoms with Gasteiger partial charge in [0, 0.05) is 31.3 Å². The molecule has 0 spiro atoms. The van der Waals surface area contributed by atoms with Crippen molar-refractivity contribution in [1.29, 1.82) is 0 Å². The average molecular weight is 394 g/mol. The quantitative estimate of drug-likeness (QED) is 0.689. The van der Waals surface area contributed by atoms with E-state index in [0.717, 1.165) is 16.1 Å². The first-order chi connectivity index (χ1) is 12.7. The highest BCUT2D eigenvalue weighted by Crippen LogP contribution is 2.19. The van der Waals surface area contributed by atoms with Crippen LogP contribution in [0.25, 0.3) is 0 Å². The number of nitrogens with zero attached hydrogens (tertiary/aromatic N) is 2. The third-order valence-electron chi connectivity index (χ3n) is 4.11. The molecule has 2 aromatic carbocycles. The van der Waals surface area contributed by atoms with Crippen molar-refractivity contribution in [3.63, 3.8) is 0 Å². The summed E-state index contributed by atoms with van der Waals surface area (Å²) in [6.45, 7) is -0.321. The summed E-state index contributed by atoms with van der Waals surface area (Å²) in [5, 5.41) is 0. The van der Waals surface area contributed by atoms with Crippen LogP contribution in [0.3, 0.4) is 0 Å². The molecule has 0 saturated heterocycles. The molecule has 0 saturated carbocycles. The predicted molar refractivity (Wildman–Crippen MR) is 101 cm³/mol. The standard InChI is InChI=1S/C19H23FN2O4S/c1-21(12-16-9-5-7-11-18(16)26-2)19(23)14-22(27(3,24)25)13-15-8-4-6-10-17(15)20/h4-11H,12-14H2,1-3H3. The number of carbonyl (C=O) groups is 1. The summed E-state index contributed by atoms with van der Waals surface area (Å²) in [5.74, 6) is -0.271. The van der Waals surface area contributed by atoms with Crippen LogP contribution in [0, 0.1) is 5.82 Å². The summed E-state index contributed by atoms with van der Waals surface area (Å²) in [4.78, 5) is 14.0. The molecular weight excluding hydrogens is 371 g/mol. The van der Waals surface area contributed by atoms with Crippen molar-refractivity contribution >= 4 is 15.9 Å². The van der Waals surface area contributed by atoms with Crippen molar-refractivity contribution < 1.29 is 22.3 Å². The first-order valence-electron chi connectivity index (χ1n) is 8.26. The fraction of sp³-hybridized carbons (Fsp3) is 0.316. The molecule has 0 bridgehead atoms. The number of carbonyl (C=O) groups excluding carboxylic acids is 1. The van der Waals surface area contributed by atoms with E-state index in [1.54, 1.807) is 26.3 Å². The van der Waals surface area contributed by atoms with Crippen LogP contribution in [-0.2, 0) is 27.9 Å². The van der Waals surface area contributed by atoms with Gasteiger partial charge in [-0.25, -0.2) is 12.8 Å². The highest BCUT2D eigenvalue weighted by molar-refractivity contribution is 7.88. The number of ether oxygens (including phenoxy) is 1. The Morgan fingerprint density at radius 3 is 2.22 bits per heavy atom. The molecule has 0 aromatic heterocycles. The lowest BCUT2D eigenvalue weighted by atomic mass is 10.2. The maximum Gasteiger partial charge on any atom is 0.237 e. The van der Waals surface area contributed by atoms with Gasteiger partial charge in [-0.05, 0) is 12.1 Å². The average Bonchev–Trinajstić information content (AvgIpc) is 2.62. The molecule has 1 amide bonds. The molecule has 27 heavy (non-hydrogen) atoms. The lowest BCUT2D eigenvalue weighted by molar-refractivity contribution is -0.130. The van der Waals surface area contributed by atoms with Crippen LogP contribution in [0.5, 0.6) is 5.75 Å². The minimum atomic E-state index is -3.70. The second-order valence-electron chi connectivity index (χ2n) is 6.18. The van der Waals surface area contributed by atoms with Crippen molar-refractivity contribution in [1.82, 2.24) is 9.21 Å². The van der Waals surface area contributed by atoms with Crippen LogP contribution in [0.4, 0.5) is 4.39 Å². The molecule has 0 fully saturated rings. The molecule has 2 rings (SSSR count). The Balaban J connectivity index is 2.12. The third-order valence-corrected chi connectivity index (χ3v) is 5.31. The largest absolute Gasteiger partial charge is 0.496 e. The summed E-state index contributed by atoms with van der Waals surface area (Å²) in [7, 11) is -0.576. The zero-order valence-corrected chi connectivity index (χ0v) is 16.4. The number of para-hydroxylation sites is 1. The number of hydrogen-bond donors (Lipinski definition) is 0. The van der Waals surface area contributed by atoms with Crippen molar-refractivity contribution in [2.45, 2.75) is 13.1 Å². The normalized spacial score (nSPS) is 11.4. The van der Waals surface area contributed by atoms with Crippen LogP contribution in [0.15, 0.2) is 48.5 Å². The molecule has 0 aliphatic carbocycles. The van der Waals surface area contributed by atoms with Gasteiger partial charge in [0.15, 0.2) is 0 Å². The van der Waals surface area contributed by atoms with Crippen LogP contribution in [0.1, 0.15) is 11.1 Å². The molecule has 0 aliphatic heterocycles. The predicted octanol–water partition coefficient (Wildman–Crippen LogP) is 2.25. The van der Waals surface area contributed by atoms with Crippen molar-refractivity contribution in [3.8, 4) is 5.75 Å². The van der Waals surface area contributed by atoms with E-state index < -0.39 is 21.7 Å². The Hall–Kier alpha value is -2.45. The molecule has 0 heterocycles. The van der Waals surface area contributed by atoms with Gasteiger partial charge < -0.3 is 9.64 Å². The lowest BCUT2D eigenvalue weighted by Crippen LogP contribution is -2.40.